The fourth-order valence-electron chi connectivity index (χ4n) is 3.59. The molecule has 0 spiro atoms. The molecule has 1 aliphatic carbocycles. The zero-order valence-corrected chi connectivity index (χ0v) is 13.0. The van der Waals surface area contributed by atoms with Gasteiger partial charge in [-0.05, 0) is 44.2 Å². The maximum Gasteiger partial charge on any atom is 0.414 e. The highest BCUT2D eigenvalue weighted by Crippen LogP contribution is 2.42. The summed E-state index contributed by atoms with van der Waals surface area (Å²) in [6.45, 7) is 3.23. The van der Waals surface area contributed by atoms with Crippen molar-refractivity contribution in [2.45, 2.75) is 25.4 Å². The van der Waals surface area contributed by atoms with Gasteiger partial charge in [0.1, 0.15) is 0 Å². The van der Waals surface area contributed by atoms with Crippen LogP contribution >= 0.6 is 0 Å². The molecule has 0 amide bonds. The number of aliphatic carboxylic acids is 2. The molecule has 3 heterocycles. The number of hydrogen-bond acceptors (Lipinski definition) is 3. The lowest BCUT2D eigenvalue weighted by Crippen LogP contribution is -2.48. The van der Waals surface area contributed by atoms with Gasteiger partial charge in [-0.1, -0.05) is 23.8 Å². The van der Waals surface area contributed by atoms with Gasteiger partial charge < -0.3 is 15.1 Å². The van der Waals surface area contributed by atoms with Gasteiger partial charge in [0.25, 0.3) is 0 Å². The second-order valence-corrected chi connectivity index (χ2v) is 6.33. The molecule has 24 heavy (non-hydrogen) atoms. The zero-order valence-electron chi connectivity index (χ0n) is 13.0. The van der Waals surface area contributed by atoms with Gasteiger partial charge in [-0.15, -0.1) is 0 Å². The number of fused-ring (bicyclic) bond motifs is 3. The minimum atomic E-state index is -4.09. The lowest BCUT2D eigenvalue weighted by Gasteiger charge is -2.46. The molecule has 0 aromatic heterocycles. The van der Waals surface area contributed by atoms with E-state index in [1.54, 1.807) is 6.08 Å². The first-order valence-corrected chi connectivity index (χ1v) is 7.81. The number of rotatable bonds is 1. The van der Waals surface area contributed by atoms with Gasteiger partial charge in [0.05, 0.1) is 5.92 Å². The normalized spacial score (nSPS) is 31.7. The summed E-state index contributed by atoms with van der Waals surface area (Å²) in [5, 5.41) is 14.8. The monoisotopic (exact) mass is 347 g/mol. The van der Waals surface area contributed by atoms with E-state index in [4.69, 9.17) is 19.8 Å². The number of carboxylic acid groups (broad SMARTS) is 2. The van der Waals surface area contributed by atoms with Crippen LogP contribution in [-0.4, -0.2) is 52.9 Å². The third-order valence-electron chi connectivity index (χ3n) is 4.85. The van der Waals surface area contributed by atoms with E-state index in [1.165, 1.54) is 6.08 Å². The molecule has 3 aliphatic heterocycles. The predicted molar refractivity (Wildman–Crippen MR) is 79.3 cm³/mol. The van der Waals surface area contributed by atoms with Gasteiger partial charge in [-0.25, -0.2) is 9.59 Å². The van der Waals surface area contributed by atoms with Crippen molar-refractivity contribution in [3.8, 4) is 0 Å². The van der Waals surface area contributed by atoms with Crippen LogP contribution in [0.1, 0.15) is 19.3 Å². The molecule has 5 nitrogen and oxygen atoms in total. The van der Waals surface area contributed by atoms with Crippen LogP contribution in [0.3, 0.4) is 0 Å². The molecule has 0 aromatic carbocycles. The van der Waals surface area contributed by atoms with E-state index in [0.717, 1.165) is 38.0 Å². The van der Waals surface area contributed by atoms with Crippen molar-refractivity contribution in [2.24, 2.45) is 17.8 Å². The number of carboxylic acids is 2. The molecular weight excluding hydrogens is 327 g/mol. The Morgan fingerprint density at radius 3 is 2.12 bits per heavy atom. The number of alkyl halides is 3. The molecule has 0 aromatic rings. The van der Waals surface area contributed by atoms with E-state index in [-0.39, 0.29) is 6.42 Å². The summed E-state index contributed by atoms with van der Waals surface area (Å²) in [5.41, 5.74) is 1.02. The summed E-state index contributed by atoms with van der Waals surface area (Å²) in [6, 6.07) is 0. The van der Waals surface area contributed by atoms with Crippen molar-refractivity contribution in [3.63, 3.8) is 0 Å². The van der Waals surface area contributed by atoms with Gasteiger partial charge in [0.2, 0.25) is 0 Å². The van der Waals surface area contributed by atoms with Crippen LogP contribution in [-0.2, 0) is 9.59 Å². The molecule has 0 radical (unpaired) electrons. The van der Waals surface area contributed by atoms with Crippen LogP contribution in [0.25, 0.3) is 0 Å². The summed E-state index contributed by atoms with van der Waals surface area (Å²) in [5.74, 6) is -3.94. The van der Waals surface area contributed by atoms with Crippen LogP contribution in [0.5, 0.6) is 0 Å². The lowest BCUT2D eigenvalue weighted by molar-refractivity contribution is -0.161. The topological polar surface area (TPSA) is 77.8 Å². The van der Waals surface area contributed by atoms with E-state index in [9.17, 15) is 13.2 Å². The van der Waals surface area contributed by atoms with Crippen molar-refractivity contribution in [2.75, 3.05) is 19.6 Å². The largest absolute Gasteiger partial charge is 0.473 e. The SMILES string of the molecule is FC(F)(F)C1C=CC=C(C2CN3CCC2CC3)C1.O=C(O)C(=O)O. The van der Waals surface area contributed by atoms with E-state index in [1.807, 2.05) is 6.08 Å². The smallest absolute Gasteiger partial charge is 0.414 e. The lowest BCUT2D eigenvalue weighted by atomic mass is 9.72. The third kappa shape index (κ3) is 4.59. The zero-order chi connectivity index (χ0) is 17.9. The second kappa shape index (κ2) is 7.38. The summed E-state index contributed by atoms with van der Waals surface area (Å²) >= 11 is 0. The van der Waals surface area contributed by atoms with Gasteiger partial charge in [0, 0.05) is 6.54 Å². The predicted octanol–water partition coefficient (Wildman–Crippen LogP) is 2.55. The van der Waals surface area contributed by atoms with Gasteiger partial charge in [0.15, 0.2) is 0 Å². The number of allylic oxidation sites excluding steroid dienone is 3. The van der Waals surface area contributed by atoms with Crippen molar-refractivity contribution in [1.29, 1.82) is 0 Å². The number of carbonyl (C=O) groups is 2. The molecule has 2 bridgehead atoms. The second-order valence-electron chi connectivity index (χ2n) is 6.33. The van der Waals surface area contributed by atoms with Crippen LogP contribution < -0.4 is 0 Å². The van der Waals surface area contributed by atoms with Crippen molar-refractivity contribution >= 4 is 11.9 Å². The van der Waals surface area contributed by atoms with Gasteiger partial charge in [-0.3, -0.25) is 0 Å². The fourth-order valence-corrected chi connectivity index (χ4v) is 3.59. The average molecular weight is 347 g/mol. The average Bonchev–Trinajstić information content (AvgIpc) is 2.55. The minimum Gasteiger partial charge on any atom is -0.473 e. The maximum absolute atomic E-state index is 12.8. The van der Waals surface area contributed by atoms with E-state index in [2.05, 4.69) is 4.90 Å². The number of piperidine rings is 3. The van der Waals surface area contributed by atoms with E-state index in [0.29, 0.717) is 11.8 Å². The Kier molecular flexibility index (Phi) is 5.69. The molecule has 3 saturated heterocycles. The Balaban J connectivity index is 0.000000301. The first kappa shape index (κ1) is 18.5. The van der Waals surface area contributed by atoms with Crippen LogP contribution in [0.15, 0.2) is 23.8 Å². The maximum atomic E-state index is 12.8. The first-order chi connectivity index (χ1) is 11.2. The quantitative estimate of drug-likeness (QED) is 0.713. The van der Waals surface area contributed by atoms with Crippen LogP contribution in [0, 0.1) is 17.8 Å². The van der Waals surface area contributed by atoms with Crippen molar-refractivity contribution in [1.82, 2.24) is 4.90 Å². The molecule has 2 unspecified atom stereocenters. The van der Waals surface area contributed by atoms with Crippen molar-refractivity contribution < 1.29 is 33.0 Å². The molecule has 134 valence electrons. The Bertz CT molecular complexity index is 536. The summed E-state index contributed by atoms with van der Waals surface area (Å²) < 4.78 is 38.3. The highest BCUT2D eigenvalue weighted by Gasteiger charge is 2.42. The highest BCUT2D eigenvalue weighted by atomic mass is 19.4. The Morgan fingerprint density at radius 1 is 1.12 bits per heavy atom. The number of halogens is 3. The molecule has 3 fully saturated rings. The Hall–Kier alpha value is -1.83. The third-order valence-corrected chi connectivity index (χ3v) is 4.85. The summed E-state index contributed by atoms with van der Waals surface area (Å²) in [6.07, 6.45) is 3.22. The van der Waals surface area contributed by atoms with Gasteiger partial charge in [-0.2, -0.15) is 13.2 Å². The fraction of sp³-hybridized carbons (Fsp3) is 0.625. The highest BCUT2D eigenvalue weighted by molar-refractivity contribution is 6.27. The van der Waals surface area contributed by atoms with Gasteiger partial charge >= 0.3 is 18.1 Å². The Morgan fingerprint density at radius 2 is 1.71 bits per heavy atom. The Labute approximate surface area is 137 Å². The number of nitrogens with zero attached hydrogens (tertiary/aromatic N) is 1. The summed E-state index contributed by atoms with van der Waals surface area (Å²) in [7, 11) is 0. The molecule has 2 N–H and O–H groups in total. The van der Waals surface area contributed by atoms with E-state index < -0.39 is 24.0 Å². The standard InChI is InChI=1S/C14H18F3N.C2H2O4/c15-14(16,17)12-3-1-2-11(8-12)13-9-18-6-4-10(13)5-7-18;3-1(4)2(5)6/h1-3,10,12-13H,4-9H2;(H,3,4)(H,5,6). The van der Waals surface area contributed by atoms with Crippen molar-refractivity contribution in [3.05, 3.63) is 23.8 Å². The first-order valence-electron chi connectivity index (χ1n) is 7.81. The summed E-state index contributed by atoms with van der Waals surface area (Å²) in [4.78, 5) is 20.6. The molecule has 8 heteroatoms. The van der Waals surface area contributed by atoms with Crippen LogP contribution in [0.2, 0.25) is 0 Å². The molecule has 2 atom stereocenters. The molecule has 4 rings (SSSR count). The molecule has 0 saturated carbocycles. The molecular formula is C16H20F3NO4. The molecule has 4 aliphatic rings. The van der Waals surface area contributed by atoms with Crippen LogP contribution in [0.4, 0.5) is 13.2 Å². The minimum absolute atomic E-state index is 0.176. The number of hydrogen-bond donors (Lipinski definition) is 2. The van der Waals surface area contributed by atoms with E-state index >= 15 is 0 Å².